The zero-order valence-electron chi connectivity index (χ0n) is 12.0. The summed E-state index contributed by atoms with van der Waals surface area (Å²) in [5.41, 5.74) is -0.307. The highest BCUT2D eigenvalue weighted by Gasteiger charge is 2.27. The molecule has 0 radical (unpaired) electrons. The second-order valence-electron chi connectivity index (χ2n) is 4.78. The molecule has 0 saturated carbocycles. The first-order valence-electron chi connectivity index (χ1n) is 6.55. The molecular weight excluding hydrogens is 335 g/mol. The van der Waals surface area contributed by atoms with E-state index >= 15 is 0 Å². The van der Waals surface area contributed by atoms with Crippen LogP contribution in [0.5, 0.6) is 0 Å². The maximum absolute atomic E-state index is 13.3. The van der Waals surface area contributed by atoms with Crippen molar-refractivity contribution in [3.8, 4) is 0 Å². The number of carbonyl (C=O) groups is 1. The van der Waals surface area contributed by atoms with E-state index in [0.717, 1.165) is 38.4 Å². The van der Waals surface area contributed by atoms with Crippen LogP contribution in [0, 0.1) is 5.82 Å². The van der Waals surface area contributed by atoms with Gasteiger partial charge < -0.3 is 10.1 Å². The van der Waals surface area contributed by atoms with Crippen LogP contribution in [0.15, 0.2) is 23.1 Å². The first-order chi connectivity index (χ1) is 9.94. The molecule has 2 N–H and O–H groups in total. The van der Waals surface area contributed by atoms with E-state index in [2.05, 4.69) is 14.8 Å². The number of rotatable bonds is 4. The topological polar surface area (TPSA) is 84.5 Å². The van der Waals surface area contributed by atoms with E-state index in [0.29, 0.717) is 12.8 Å². The molecule has 1 fully saturated rings. The molecule has 0 bridgehead atoms. The van der Waals surface area contributed by atoms with Crippen molar-refractivity contribution in [2.24, 2.45) is 0 Å². The standard InChI is InChI=1S/C13H17FN2O4S.ClH/c1-20-13(17)11-8-9(14)2-3-12(11)21(18,19)16-10-4-6-15-7-5-10;/h2-3,8,10,15-16H,4-7H2,1H3;1H. The average molecular weight is 353 g/mol. The molecule has 124 valence electrons. The van der Waals surface area contributed by atoms with Crippen molar-refractivity contribution in [3.63, 3.8) is 0 Å². The van der Waals surface area contributed by atoms with Crippen LogP contribution < -0.4 is 10.0 Å². The third kappa shape index (κ3) is 4.39. The lowest BCUT2D eigenvalue weighted by molar-refractivity contribution is 0.0595. The molecule has 22 heavy (non-hydrogen) atoms. The minimum atomic E-state index is -3.91. The van der Waals surface area contributed by atoms with Gasteiger partial charge in [-0.25, -0.2) is 22.3 Å². The number of hydrogen-bond acceptors (Lipinski definition) is 5. The lowest BCUT2D eigenvalue weighted by atomic mass is 10.1. The summed E-state index contributed by atoms with van der Waals surface area (Å²) in [5, 5.41) is 3.13. The maximum Gasteiger partial charge on any atom is 0.339 e. The normalized spacial score (nSPS) is 15.9. The SMILES string of the molecule is COC(=O)c1cc(F)ccc1S(=O)(=O)NC1CCNCC1.Cl. The second kappa shape index (κ2) is 7.87. The van der Waals surface area contributed by atoms with Gasteiger partial charge in [0.05, 0.1) is 17.6 Å². The molecule has 0 aromatic heterocycles. The minimum Gasteiger partial charge on any atom is -0.465 e. The predicted octanol–water partition coefficient (Wildman–Crippen LogP) is 1.06. The van der Waals surface area contributed by atoms with Crippen molar-refractivity contribution in [1.82, 2.24) is 10.0 Å². The molecule has 0 amide bonds. The molecule has 1 aromatic rings. The molecule has 0 spiro atoms. The number of methoxy groups -OCH3 is 1. The van der Waals surface area contributed by atoms with Crippen molar-refractivity contribution < 1.29 is 22.3 Å². The van der Waals surface area contributed by atoms with Crippen LogP contribution in [-0.4, -0.2) is 40.6 Å². The number of esters is 1. The van der Waals surface area contributed by atoms with Crippen LogP contribution in [0.1, 0.15) is 23.2 Å². The highest BCUT2D eigenvalue weighted by atomic mass is 35.5. The van der Waals surface area contributed by atoms with Gasteiger partial charge in [0.1, 0.15) is 5.82 Å². The van der Waals surface area contributed by atoms with Crippen LogP contribution in [-0.2, 0) is 14.8 Å². The molecule has 9 heteroatoms. The van der Waals surface area contributed by atoms with E-state index in [1.807, 2.05) is 0 Å². The van der Waals surface area contributed by atoms with Crippen molar-refractivity contribution in [3.05, 3.63) is 29.6 Å². The van der Waals surface area contributed by atoms with E-state index in [-0.39, 0.29) is 28.9 Å². The fourth-order valence-corrected chi connectivity index (χ4v) is 3.71. The summed E-state index contributed by atoms with van der Waals surface area (Å²) in [7, 11) is -2.79. The first kappa shape index (κ1) is 18.8. The Labute approximate surface area is 134 Å². The fraction of sp³-hybridized carbons (Fsp3) is 0.462. The molecule has 1 heterocycles. The Balaban J connectivity index is 0.00000242. The number of piperidine rings is 1. The summed E-state index contributed by atoms with van der Waals surface area (Å²) in [6, 6.07) is 2.74. The van der Waals surface area contributed by atoms with Gasteiger partial charge in [0, 0.05) is 6.04 Å². The Morgan fingerprint density at radius 1 is 1.36 bits per heavy atom. The molecule has 2 rings (SSSR count). The molecule has 0 aliphatic carbocycles. The molecule has 1 aliphatic heterocycles. The summed E-state index contributed by atoms with van der Waals surface area (Å²) in [6.45, 7) is 1.45. The van der Waals surface area contributed by atoms with Gasteiger partial charge in [-0.05, 0) is 44.1 Å². The van der Waals surface area contributed by atoms with Crippen LogP contribution in [0.3, 0.4) is 0 Å². The molecule has 0 atom stereocenters. The maximum atomic E-state index is 13.3. The largest absolute Gasteiger partial charge is 0.465 e. The predicted molar refractivity (Wildman–Crippen MR) is 81.2 cm³/mol. The lowest BCUT2D eigenvalue weighted by Gasteiger charge is -2.23. The Bertz CT molecular complexity index is 633. The van der Waals surface area contributed by atoms with E-state index in [9.17, 15) is 17.6 Å². The molecule has 0 unspecified atom stereocenters. The van der Waals surface area contributed by atoms with Gasteiger partial charge in [0.15, 0.2) is 0 Å². The Morgan fingerprint density at radius 3 is 2.59 bits per heavy atom. The van der Waals surface area contributed by atoms with Crippen molar-refractivity contribution in [2.45, 2.75) is 23.8 Å². The highest BCUT2D eigenvalue weighted by molar-refractivity contribution is 7.89. The number of benzene rings is 1. The van der Waals surface area contributed by atoms with Gasteiger partial charge in [0.2, 0.25) is 10.0 Å². The van der Waals surface area contributed by atoms with Gasteiger partial charge in [-0.1, -0.05) is 0 Å². The van der Waals surface area contributed by atoms with E-state index in [1.54, 1.807) is 0 Å². The fourth-order valence-electron chi connectivity index (χ4n) is 2.23. The average Bonchev–Trinajstić information content (AvgIpc) is 2.46. The van der Waals surface area contributed by atoms with E-state index < -0.39 is 21.8 Å². The number of sulfonamides is 1. The van der Waals surface area contributed by atoms with Crippen LogP contribution in [0.2, 0.25) is 0 Å². The monoisotopic (exact) mass is 352 g/mol. The number of ether oxygens (including phenoxy) is 1. The second-order valence-corrected chi connectivity index (χ2v) is 6.46. The third-order valence-electron chi connectivity index (χ3n) is 3.30. The minimum absolute atomic E-state index is 0. The summed E-state index contributed by atoms with van der Waals surface area (Å²) >= 11 is 0. The smallest absolute Gasteiger partial charge is 0.339 e. The number of nitrogens with one attached hydrogen (secondary N) is 2. The summed E-state index contributed by atoms with van der Waals surface area (Å²) in [4.78, 5) is 11.4. The van der Waals surface area contributed by atoms with Crippen molar-refractivity contribution >= 4 is 28.4 Å². The van der Waals surface area contributed by atoms with Gasteiger partial charge in [-0.2, -0.15) is 0 Å². The van der Waals surface area contributed by atoms with Crippen molar-refractivity contribution in [1.29, 1.82) is 0 Å². The van der Waals surface area contributed by atoms with Crippen LogP contribution >= 0.6 is 12.4 Å². The van der Waals surface area contributed by atoms with E-state index in [4.69, 9.17) is 0 Å². The Kier molecular flexibility index (Phi) is 6.73. The number of carbonyl (C=O) groups excluding carboxylic acids is 1. The van der Waals surface area contributed by atoms with Gasteiger partial charge in [-0.15, -0.1) is 12.4 Å². The molecule has 1 aromatic carbocycles. The summed E-state index contributed by atoms with van der Waals surface area (Å²) in [5.74, 6) is -1.59. The molecule has 1 aliphatic rings. The lowest BCUT2D eigenvalue weighted by Crippen LogP contribution is -2.43. The quantitative estimate of drug-likeness (QED) is 0.792. The number of hydrogen-bond donors (Lipinski definition) is 2. The Morgan fingerprint density at radius 2 is 2.00 bits per heavy atom. The summed E-state index contributed by atoms with van der Waals surface area (Å²) in [6.07, 6.45) is 1.32. The van der Waals surface area contributed by atoms with Crippen LogP contribution in [0.25, 0.3) is 0 Å². The third-order valence-corrected chi connectivity index (χ3v) is 4.88. The highest BCUT2D eigenvalue weighted by Crippen LogP contribution is 2.19. The van der Waals surface area contributed by atoms with Gasteiger partial charge in [0.25, 0.3) is 0 Å². The van der Waals surface area contributed by atoms with Crippen molar-refractivity contribution in [2.75, 3.05) is 20.2 Å². The van der Waals surface area contributed by atoms with Gasteiger partial charge >= 0.3 is 5.97 Å². The first-order valence-corrected chi connectivity index (χ1v) is 8.03. The zero-order chi connectivity index (χ0) is 15.5. The Hall–Kier alpha value is -1.22. The molecule has 1 saturated heterocycles. The van der Waals surface area contributed by atoms with Crippen LogP contribution in [0.4, 0.5) is 4.39 Å². The zero-order valence-corrected chi connectivity index (χ0v) is 13.6. The molecule has 6 nitrogen and oxygen atoms in total. The number of halogens is 2. The van der Waals surface area contributed by atoms with E-state index in [1.165, 1.54) is 0 Å². The summed E-state index contributed by atoms with van der Waals surface area (Å²) < 4.78 is 45.1. The molecular formula is C13H18ClFN2O4S. The van der Waals surface area contributed by atoms with Gasteiger partial charge in [-0.3, -0.25) is 0 Å².